The molecule has 0 saturated carbocycles. The van der Waals surface area contributed by atoms with Gasteiger partial charge in [-0.1, -0.05) is 5.16 Å². The van der Waals surface area contributed by atoms with E-state index >= 15 is 0 Å². The third-order valence-corrected chi connectivity index (χ3v) is 1.46. The van der Waals surface area contributed by atoms with E-state index in [4.69, 9.17) is 10.3 Å². The van der Waals surface area contributed by atoms with E-state index in [-0.39, 0.29) is 18.4 Å². The number of rotatable bonds is 2. The average molecular weight is 217 g/mol. The second kappa shape index (κ2) is 4.16. The molecule has 0 amide bonds. The van der Waals surface area contributed by atoms with Crippen molar-refractivity contribution in [2.75, 3.05) is 0 Å². The van der Waals surface area contributed by atoms with Crippen LogP contribution in [0.5, 0.6) is 0 Å². The van der Waals surface area contributed by atoms with E-state index in [2.05, 4.69) is 25.3 Å². The zero-order chi connectivity index (χ0) is 9.26. The Morgan fingerprint density at radius 1 is 1.57 bits per heavy atom. The van der Waals surface area contributed by atoms with Crippen LogP contribution in [0.25, 0.3) is 11.6 Å². The van der Waals surface area contributed by atoms with E-state index < -0.39 is 0 Å². The van der Waals surface area contributed by atoms with Gasteiger partial charge in [0.25, 0.3) is 0 Å². The Morgan fingerprint density at radius 2 is 2.36 bits per heavy atom. The Balaban J connectivity index is 0.000000980. The van der Waals surface area contributed by atoms with Crippen LogP contribution in [0.1, 0.15) is 18.9 Å². The van der Waals surface area contributed by atoms with Gasteiger partial charge in [0, 0.05) is 0 Å². The molecule has 0 aromatic carbocycles. The van der Waals surface area contributed by atoms with Crippen LogP contribution in [0.2, 0.25) is 0 Å². The summed E-state index contributed by atoms with van der Waals surface area (Å²) in [4.78, 5) is 7.88. The van der Waals surface area contributed by atoms with Gasteiger partial charge >= 0.3 is 0 Å². The molecule has 76 valence electrons. The molecule has 8 heteroatoms. The van der Waals surface area contributed by atoms with Gasteiger partial charge in [0.05, 0.1) is 6.04 Å². The second-order valence-electron chi connectivity index (χ2n) is 2.58. The van der Waals surface area contributed by atoms with Gasteiger partial charge in [-0.05, 0) is 6.92 Å². The van der Waals surface area contributed by atoms with Crippen LogP contribution in [0, 0.1) is 0 Å². The van der Waals surface area contributed by atoms with Crippen LogP contribution in [0.3, 0.4) is 0 Å². The standard InChI is InChI=1S/C6H8N6O.ClH/c1-3(7)6-10-5(12-13-6)4-8-2-9-11-4;/h2-3H,7H2,1H3,(H,8,9,11);1H. The first-order valence-corrected chi connectivity index (χ1v) is 3.72. The lowest BCUT2D eigenvalue weighted by atomic mass is 10.4. The minimum Gasteiger partial charge on any atom is -0.337 e. The number of nitrogens with one attached hydrogen (secondary N) is 1. The SMILES string of the molecule is CC(N)c1nc(-c2ncn[nH]2)no1.Cl. The van der Waals surface area contributed by atoms with Gasteiger partial charge in [-0.15, -0.1) is 12.4 Å². The normalized spacial score (nSPS) is 12.1. The van der Waals surface area contributed by atoms with E-state index in [1.54, 1.807) is 6.92 Å². The maximum absolute atomic E-state index is 5.54. The molecule has 0 aliphatic heterocycles. The number of nitrogens with zero attached hydrogens (tertiary/aromatic N) is 4. The Hall–Kier alpha value is -1.47. The van der Waals surface area contributed by atoms with E-state index in [0.717, 1.165) is 0 Å². The molecule has 0 aliphatic rings. The molecule has 0 fully saturated rings. The third-order valence-electron chi connectivity index (χ3n) is 1.46. The summed E-state index contributed by atoms with van der Waals surface area (Å²) < 4.78 is 4.88. The highest BCUT2D eigenvalue weighted by Crippen LogP contribution is 2.12. The van der Waals surface area contributed by atoms with Crippen LogP contribution in [-0.2, 0) is 0 Å². The number of nitrogens with two attached hydrogens (primary N) is 1. The van der Waals surface area contributed by atoms with E-state index in [0.29, 0.717) is 17.5 Å². The zero-order valence-electron chi connectivity index (χ0n) is 7.34. The molecular weight excluding hydrogens is 208 g/mol. The Bertz CT molecular complexity index is 383. The molecule has 0 radical (unpaired) electrons. The molecular formula is C6H9ClN6O. The largest absolute Gasteiger partial charge is 0.337 e. The van der Waals surface area contributed by atoms with Gasteiger partial charge in [-0.2, -0.15) is 10.1 Å². The van der Waals surface area contributed by atoms with Crippen LogP contribution in [-0.4, -0.2) is 25.3 Å². The summed E-state index contributed by atoms with van der Waals surface area (Å²) in [7, 11) is 0. The van der Waals surface area contributed by atoms with Gasteiger partial charge in [-0.25, -0.2) is 4.98 Å². The van der Waals surface area contributed by atoms with Crippen molar-refractivity contribution in [1.82, 2.24) is 25.3 Å². The zero-order valence-corrected chi connectivity index (χ0v) is 8.15. The molecule has 0 spiro atoms. The summed E-state index contributed by atoms with van der Waals surface area (Å²) in [6.45, 7) is 1.76. The van der Waals surface area contributed by atoms with Crippen LogP contribution in [0.4, 0.5) is 0 Å². The van der Waals surface area contributed by atoms with Crippen molar-refractivity contribution >= 4 is 12.4 Å². The summed E-state index contributed by atoms with van der Waals surface area (Å²) in [6.07, 6.45) is 1.37. The second-order valence-corrected chi connectivity index (χ2v) is 2.58. The molecule has 7 nitrogen and oxygen atoms in total. The molecule has 2 aromatic heterocycles. The highest BCUT2D eigenvalue weighted by atomic mass is 35.5. The predicted octanol–water partition coefficient (Wildman–Crippen LogP) is 0.296. The number of aromatic amines is 1. The van der Waals surface area contributed by atoms with Gasteiger partial charge < -0.3 is 10.3 Å². The smallest absolute Gasteiger partial charge is 0.243 e. The Morgan fingerprint density at radius 3 is 2.86 bits per heavy atom. The molecule has 1 unspecified atom stereocenters. The molecule has 2 rings (SSSR count). The van der Waals surface area contributed by atoms with E-state index in [1.165, 1.54) is 6.33 Å². The van der Waals surface area contributed by atoms with Crippen molar-refractivity contribution < 1.29 is 4.52 Å². The molecule has 2 heterocycles. The van der Waals surface area contributed by atoms with Gasteiger partial charge in [0.15, 0.2) is 5.82 Å². The fourth-order valence-electron chi connectivity index (χ4n) is 0.830. The summed E-state index contributed by atoms with van der Waals surface area (Å²) >= 11 is 0. The molecule has 0 bridgehead atoms. The summed E-state index contributed by atoms with van der Waals surface area (Å²) in [5.41, 5.74) is 5.54. The molecule has 2 aromatic rings. The maximum Gasteiger partial charge on any atom is 0.243 e. The first-order chi connectivity index (χ1) is 6.27. The van der Waals surface area contributed by atoms with Gasteiger partial charge in [0.2, 0.25) is 11.7 Å². The van der Waals surface area contributed by atoms with Crippen molar-refractivity contribution in [3.8, 4) is 11.6 Å². The maximum atomic E-state index is 5.54. The quantitative estimate of drug-likeness (QED) is 0.748. The average Bonchev–Trinajstić information content (AvgIpc) is 2.75. The van der Waals surface area contributed by atoms with Crippen molar-refractivity contribution in [3.63, 3.8) is 0 Å². The van der Waals surface area contributed by atoms with Crippen LogP contribution < -0.4 is 5.73 Å². The number of halogens is 1. The van der Waals surface area contributed by atoms with Crippen LogP contribution in [0.15, 0.2) is 10.9 Å². The van der Waals surface area contributed by atoms with Crippen molar-refractivity contribution in [3.05, 3.63) is 12.2 Å². The first-order valence-electron chi connectivity index (χ1n) is 3.72. The number of hydrogen-bond acceptors (Lipinski definition) is 6. The summed E-state index contributed by atoms with van der Waals surface area (Å²) in [6, 6.07) is -0.274. The van der Waals surface area contributed by atoms with Crippen molar-refractivity contribution in [2.24, 2.45) is 5.73 Å². The Kier molecular flexibility index (Phi) is 3.15. The van der Waals surface area contributed by atoms with Gasteiger partial charge in [0.1, 0.15) is 6.33 Å². The Labute approximate surface area is 85.5 Å². The van der Waals surface area contributed by atoms with Crippen molar-refractivity contribution in [1.29, 1.82) is 0 Å². The minimum absolute atomic E-state index is 0. The molecule has 3 N–H and O–H groups in total. The lowest BCUT2D eigenvalue weighted by Gasteiger charge is -1.92. The fourth-order valence-corrected chi connectivity index (χ4v) is 0.830. The van der Waals surface area contributed by atoms with E-state index in [9.17, 15) is 0 Å². The lowest BCUT2D eigenvalue weighted by Crippen LogP contribution is -2.04. The molecule has 0 saturated heterocycles. The first kappa shape index (κ1) is 10.6. The third kappa shape index (κ3) is 1.88. The molecule has 0 aliphatic carbocycles. The van der Waals surface area contributed by atoms with Gasteiger partial charge in [-0.3, -0.25) is 5.10 Å². The molecule has 14 heavy (non-hydrogen) atoms. The fraction of sp³-hybridized carbons (Fsp3) is 0.333. The highest BCUT2D eigenvalue weighted by Gasteiger charge is 2.12. The molecule has 1 atom stereocenters. The van der Waals surface area contributed by atoms with Crippen LogP contribution >= 0.6 is 12.4 Å². The monoisotopic (exact) mass is 216 g/mol. The lowest BCUT2D eigenvalue weighted by molar-refractivity contribution is 0.362. The topological polar surface area (TPSA) is 107 Å². The highest BCUT2D eigenvalue weighted by molar-refractivity contribution is 5.85. The van der Waals surface area contributed by atoms with Crippen molar-refractivity contribution in [2.45, 2.75) is 13.0 Å². The number of H-pyrrole nitrogens is 1. The number of hydrogen-bond donors (Lipinski definition) is 2. The number of aromatic nitrogens is 5. The predicted molar refractivity (Wildman–Crippen MR) is 49.5 cm³/mol. The minimum atomic E-state index is -0.274. The summed E-state index contributed by atoms with van der Waals surface area (Å²) in [5, 5.41) is 9.96. The summed E-state index contributed by atoms with van der Waals surface area (Å²) in [5.74, 6) is 1.21. The van der Waals surface area contributed by atoms with E-state index in [1.807, 2.05) is 0 Å².